The molecule has 1 aromatic heterocycles. The van der Waals surface area contributed by atoms with Gasteiger partial charge in [-0.05, 0) is 37.3 Å². The molecule has 1 atom stereocenters. The standard InChI is InChI=1S/C19H18N2O/c1-2-13-11-18(22)21(12-13)19-14-7-3-5-9-16(14)20-17-10-6-4-8-15(17)19/h1,3,5,7,9,13H,4,6,8,10-12H2. The second kappa shape index (κ2) is 5.14. The highest BCUT2D eigenvalue weighted by atomic mass is 16.2. The van der Waals surface area contributed by atoms with E-state index in [0.717, 1.165) is 35.1 Å². The first kappa shape index (κ1) is 13.3. The predicted octanol–water partition coefficient (Wildman–Crippen LogP) is 3.10. The number of benzene rings is 1. The maximum atomic E-state index is 12.5. The summed E-state index contributed by atoms with van der Waals surface area (Å²) in [5.74, 6) is 2.92. The summed E-state index contributed by atoms with van der Waals surface area (Å²) in [6.45, 7) is 0.635. The monoisotopic (exact) mass is 290 g/mol. The van der Waals surface area contributed by atoms with Crippen LogP contribution in [-0.2, 0) is 17.6 Å². The Morgan fingerprint density at radius 3 is 2.86 bits per heavy atom. The molecular weight excluding hydrogens is 272 g/mol. The van der Waals surface area contributed by atoms with Crippen LogP contribution in [0, 0.1) is 18.3 Å². The van der Waals surface area contributed by atoms with E-state index < -0.39 is 0 Å². The van der Waals surface area contributed by atoms with Gasteiger partial charge < -0.3 is 4.90 Å². The quantitative estimate of drug-likeness (QED) is 0.756. The third-order valence-corrected chi connectivity index (χ3v) is 4.77. The third-order valence-electron chi connectivity index (χ3n) is 4.77. The van der Waals surface area contributed by atoms with Gasteiger partial charge in [0, 0.05) is 30.0 Å². The van der Waals surface area contributed by atoms with Crippen molar-refractivity contribution in [2.75, 3.05) is 11.4 Å². The van der Waals surface area contributed by atoms with Gasteiger partial charge in [-0.25, -0.2) is 0 Å². The highest BCUT2D eigenvalue weighted by Crippen LogP contribution is 2.38. The number of para-hydroxylation sites is 1. The Morgan fingerprint density at radius 1 is 1.23 bits per heavy atom. The zero-order valence-electron chi connectivity index (χ0n) is 12.5. The van der Waals surface area contributed by atoms with Gasteiger partial charge in [0.2, 0.25) is 5.91 Å². The number of pyridine rings is 1. The maximum Gasteiger partial charge on any atom is 0.228 e. The van der Waals surface area contributed by atoms with E-state index in [1.165, 1.54) is 18.4 Å². The first-order valence-electron chi connectivity index (χ1n) is 7.95. The molecule has 0 radical (unpaired) electrons. The van der Waals surface area contributed by atoms with Gasteiger partial charge in [0.15, 0.2) is 0 Å². The molecule has 1 saturated heterocycles. The van der Waals surface area contributed by atoms with Crippen LogP contribution in [0.15, 0.2) is 24.3 Å². The second-order valence-corrected chi connectivity index (χ2v) is 6.18. The molecule has 1 aliphatic heterocycles. The minimum Gasteiger partial charge on any atom is -0.310 e. The zero-order valence-corrected chi connectivity index (χ0v) is 12.5. The van der Waals surface area contributed by atoms with Crippen molar-refractivity contribution in [1.29, 1.82) is 0 Å². The molecule has 1 fully saturated rings. The molecule has 3 heteroatoms. The lowest BCUT2D eigenvalue weighted by molar-refractivity contribution is -0.117. The zero-order chi connectivity index (χ0) is 15.1. The molecule has 2 aliphatic rings. The maximum absolute atomic E-state index is 12.5. The Hall–Kier alpha value is -2.34. The van der Waals surface area contributed by atoms with Gasteiger partial charge in [0.1, 0.15) is 0 Å². The van der Waals surface area contributed by atoms with Gasteiger partial charge in [-0.3, -0.25) is 9.78 Å². The van der Waals surface area contributed by atoms with Gasteiger partial charge >= 0.3 is 0 Å². The summed E-state index contributed by atoms with van der Waals surface area (Å²) in [5.41, 5.74) is 4.48. The van der Waals surface area contributed by atoms with Gasteiger partial charge in [-0.1, -0.05) is 18.2 Å². The van der Waals surface area contributed by atoms with Crippen molar-refractivity contribution in [2.45, 2.75) is 32.1 Å². The lowest BCUT2D eigenvalue weighted by atomic mass is 9.92. The van der Waals surface area contributed by atoms with Crippen molar-refractivity contribution in [3.63, 3.8) is 0 Å². The SMILES string of the molecule is C#CC1CC(=O)N(c2c3c(nc4ccccc24)CCCC3)C1. The van der Waals surface area contributed by atoms with Crippen molar-refractivity contribution in [3.8, 4) is 12.3 Å². The number of terminal acetylenes is 1. The van der Waals surface area contributed by atoms with Crippen molar-refractivity contribution in [2.24, 2.45) is 5.92 Å². The van der Waals surface area contributed by atoms with Crippen LogP contribution in [0.5, 0.6) is 0 Å². The molecule has 1 aromatic carbocycles. The van der Waals surface area contributed by atoms with Crippen LogP contribution in [0.1, 0.15) is 30.5 Å². The number of aromatic nitrogens is 1. The Morgan fingerprint density at radius 2 is 2.05 bits per heavy atom. The van der Waals surface area contributed by atoms with E-state index >= 15 is 0 Å². The largest absolute Gasteiger partial charge is 0.310 e. The minimum absolute atomic E-state index is 0.0265. The number of nitrogens with zero attached hydrogens (tertiary/aromatic N) is 2. The van der Waals surface area contributed by atoms with Crippen LogP contribution >= 0.6 is 0 Å². The number of amides is 1. The summed E-state index contributed by atoms with van der Waals surface area (Å²) in [6.07, 6.45) is 10.4. The van der Waals surface area contributed by atoms with Crippen LogP contribution in [0.2, 0.25) is 0 Å². The number of hydrogen-bond acceptors (Lipinski definition) is 2. The fourth-order valence-electron chi connectivity index (χ4n) is 3.69. The van der Waals surface area contributed by atoms with Crippen LogP contribution < -0.4 is 4.90 Å². The summed E-state index contributed by atoms with van der Waals surface area (Å²) in [5, 5.41) is 1.08. The van der Waals surface area contributed by atoms with E-state index in [9.17, 15) is 4.79 Å². The molecule has 1 unspecified atom stereocenters. The topological polar surface area (TPSA) is 33.2 Å². The molecule has 2 aromatic rings. The number of aryl methyl sites for hydroxylation is 1. The van der Waals surface area contributed by atoms with Gasteiger partial charge in [0.05, 0.1) is 11.2 Å². The van der Waals surface area contributed by atoms with Gasteiger partial charge in [-0.15, -0.1) is 12.3 Å². The molecular formula is C19H18N2O. The minimum atomic E-state index is 0.0265. The Labute approximate surface area is 130 Å². The highest BCUT2D eigenvalue weighted by molar-refractivity contribution is 6.05. The lowest BCUT2D eigenvalue weighted by Gasteiger charge is -2.26. The van der Waals surface area contributed by atoms with Crippen LogP contribution in [-0.4, -0.2) is 17.4 Å². The predicted molar refractivity (Wildman–Crippen MR) is 87.7 cm³/mol. The normalized spacial score (nSPS) is 21.0. The highest BCUT2D eigenvalue weighted by Gasteiger charge is 2.33. The molecule has 1 amide bonds. The third kappa shape index (κ3) is 1.99. The first-order valence-corrected chi connectivity index (χ1v) is 7.95. The summed E-state index contributed by atoms with van der Waals surface area (Å²) in [4.78, 5) is 19.2. The molecule has 2 heterocycles. The number of fused-ring (bicyclic) bond motifs is 2. The molecule has 0 N–H and O–H groups in total. The molecule has 1 aliphatic carbocycles. The summed E-state index contributed by atoms with van der Waals surface area (Å²) >= 11 is 0. The van der Waals surface area contributed by atoms with Crippen molar-refractivity contribution < 1.29 is 4.79 Å². The number of hydrogen-bond donors (Lipinski definition) is 0. The van der Waals surface area contributed by atoms with E-state index in [1.54, 1.807) is 0 Å². The van der Waals surface area contributed by atoms with Gasteiger partial charge in [0.25, 0.3) is 0 Å². The fourth-order valence-corrected chi connectivity index (χ4v) is 3.69. The number of carbonyl (C=O) groups is 1. The molecule has 0 spiro atoms. The van der Waals surface area contributed by atoms with Crippen LogP contribution in [0.25, 0.3) is 10.9 Å². The molecule has 0 saturated carbocycles. The Kier molecular flexibility index (Phi) is 3.11. The number of rotatable bonds is 1. The summed E-state index contributed by atoms with van der Waals surface area (Å²) < 4.78 is 0. The van der Waals surface area contributed by atoms with Gasteiger partial charge in [-0.2, -0.15) is 0 Å². The van der Waals surface area contributed by atoms with E-state index in [0.29, 0.717) is 13.0 Å². The summed E-state index contributed by atoms with van der Waals surface area (Å²) in [6, 6.07) is 8.13. The molecule has 3 nitrogen and oxygen atoms in total. The van der Waals surface area contributed by atoms with Crippen molar-refractivity contribution >= 4 is 22.5 Å². The average Bonchev–Trinajstić information content (AvgIpc) is 2.93. The molecule has 110 valence electrons. The molecule has 0 bridgehead atoms. The number of carbonyl (C=O) groups excluding carboxylic acids is 1. The molecule has 4 rings (SSSR count). The molecule has 22 heavy (non-hydrogen) atoms. The first-order chi connectivity index (χ1) is 10.8. The number of anilines is 1. The van der Waals surface area contributed by atoms with Crippen LogP contribution in [0.4, 0.5) is 5.69 Å². The summed E-state index contributed by atoms with van der Waals surface area (Å²) in [7, 11) is 0. The van der Waals surface area contributed by atoms with Crippen molar-refractivity contribution in [3.05, 3.63) is 35.5 Å². The van der Waals surface area contributed by atoms with Crippen LogP contribution in [0.3, 0.4) is 0 Å². The van der Waals surface area contributed by atoms with E-state index in [4.69, 9.17) is 11.4 Å². The van der Waals surface area contributed by atoms with E-state index in [2.05, 4.69) is 12.0 Å². The van der Waals surface area contributed by atoms with E-state index in [1.807, 2.05) is 23.1 Å². The lowest BCUT2D eigenvalue weighted by Crippen LogP contribution is -2.27. The smallest absolute Gasteiger partial charge is 0.228 e. The Balaban J connectivity index is 1.95. The Bertz CT molecular complexity index is 803. The van der Waals surface area contributed by atoms with Crippen molar-refractivity contribution in [1.82, 2.24) is 4.98 Å². The fraction of sp³-hybridized carbons (Fsp3) is 0.368. The second-order valence-electron chi connectivity index (χ2n) is 6.18. The average molecular weight is 290 g/mol. The van der Waals surface area contributed by atoms with E-state index in [-0.39, 0.29) is 11.8 Å².